The highest BCUT2D eigenvalue weighted by Gasteiger charge is 2.32. The molecule has 1 heterocycles. The van der Waals surface area contributed by atoms with Crippen molar-refractivity contribution in [2.75, 3.05) is 18.6 Å². The Morgan fingerprint density at radius 2 is 1.61 bits per heavy atom. The van der Waals surface area contributed by atoms with E-state index < -0.39 is 9.84 Å². The Labute approximate surface area is 170 Å². The second-order valence-corrected chi connectivity index (χ2v) is 12.3. The molecule has 0 spiro atoms. The molecular weight excluding hydrogens is 374 g/mol. The molecule has 2 rings (SSSR count). The van der Waals surface area contributed by atoms with Gasteiger partial charge in [0.15, 0.2) is 9.84 Å². The van der Waals surface area contributed by atoms with Gasteiger partial charge in [-0.25, -0.2) is 8.42 Å². The highest BCUT2D eigenvalue weighted by atomic mass is 32.2. The summed E-state index contributed by atoms with van der Waals surface area (Å²) in [6.07, 6.45) is 1.41. The van der Waals surface area contributed by atoms with Crippen molar-refractivity contribution in [3.8, 4) is 5.75 Å². The van der Waals surface area contributed by atoms with Crippen molar-refractivity contribution in [3.05, 3.63) is 28.8 Å². The number of aromatic hydroxyl groups is 1. The van der Waals surface area contributed by atoms with E-state index in [2.05, 4.69) is 41.5 Å². The first-order valence-corrected chi connectivity index (χ1v) is 11.8. The van der Waals surface area contributed by atoms with Crippen LogP contribution >= 0.6 is 0 Å². The summed E-state index contributed by atoms with van der Waals surface area (Å²) in [5.41, 5.74) is 2.38. The van der Waals surface area contributed by atoms with Crippen LogP contribution in [0.1, 0.15) is 71.1 Å². The van der Waals surface area contributed by atoms with E-state index in [1.807, 2.05) is 12.1 Å². The fraction of sp³-hybridized carbons (Fsp3) is 0.682. The fourth-order valence-electron chi connectivity index (χ4n) is 3.69. The maximum atomic E-state index is 12.6. The van der Waals surface area contributed by atoms with Crippen molar-refractivity contribution in [3.63, 3.8) is 0 Å². The highest BCUT2D eigenvalue weighted by Crippen LogP contribution is 2.40. The minimum absolute atomic E-state index is 0.0372. The Morgan fingerprint density at radius 3 is 2.00 bits per heavy atom. The molecule has 0 bridgehead atoms. The van der Waals surface area contributed by atoms with Gasteiger partial charge in [0.05, 0.1) is 11.5 Å². The maximum Gasteiger partial charge on any atom is 0.222 e. The van der Waals surface area contributed by atoms with Gasteiger partial charge in [-0.3, -0.25) is 4.79 Å². The molecule has 0 aliphatic carbocycles. The molecule has 1 aromatic carbocycles. The average Bonchev–Trinajstić information content (AvgIpc) is 2.90. The van der Waals surface area contributed by atoms with E-state index in [-0.39, 0.29) is 34.3 Å². The fourth-order valence-corrected chi connectivity index (χ4v) is 5.47. The minimum atomic E-state index is -3.01. The first-order valence-electron chi connectivity index (χ1n) is 9.95. The van der Waals surface area contributed by atoms with Crippen LogP contribution in [0.3, 0.4) is 0 Å². The van der Waals surface area contributed by atoms with Crippen LogP contribution in [-0.4, -0.2) is 48.9 Å². The van der Waals surface area contributed by atoms with Crippen LogP contribution in [-0.2, 0) is 31.9 Å². The van der Waals surface area contributed by atoms with Crippen LogP contribution in [0.15, 0.2) is 12.1 Å². The molecule has 1 atom stereocenters. The van der Waals surface area contributed by atoms with E-state index in [9.17, 15) is 18.3 Å². The summed E-state index contributed by atoms with van der Waals surface area (Å²) in [7, 11) is -1.31. The number of phenols is 1. The standard InChI is InChI=1S/C22H35NO4S/c1-21(2,3)17-12-15(13-18(20(17)25)22(4,5)6)8-9-19(24)23(7)16-10-11-28(26,27)14-16/h12-13,16,25H,8-11,14H2,1-7H3/t16-/m1/s1. The van der Waals surface area contributed by atoms with Crippen molar-refractivity contribution < 1.29 is 18.3 Å². The number of aryl methyl sites for hydroxylation is 1. The predicted octanol–water partition coefficient (Wildman–Crippen LogP) is 3.57. The molecule has 0 saturated carbocycles. The van der Waals surface area contributed by atoms with Crippen molar-refractivity contribution >= 4 is 15.7 Å². The summed E-state index contributed by atoms with van der Waals surface area (Å²) < 4.78 is 23.4. The molecule has 1 fully saturated rings. The number of nitrogens with zero attached hydrogens (tertiary/aromatic N) is 1. The molecule has 1 aromatic rings. The number of amides is 1. The number of hydrogen-bond donors (Lipinski definition) is 1. The molecule has 1 N–H and O–H groups in total. The molecule has 1 amide bonds. The number of carbonyl (C=O) groups excluding carboxylic acids is 1. The van der Waals surface area contributed by atoms with E-state index >= 15 is 0 Å². The van der Waals surface area contributed by atoms with Crippen molar-refractivity contribution in [2.24, 2.45) is 0 Å². The van der Waals surface area contributed by atoms with Gasteiger partial charge in [-0.05, 0) is 40.4 Å². The van der Waals surface area contributed by atoms with Crippen molar-refractivity contribution in [1.82, 2.24) is 4.90 Å². The second kappa shape index (κ2) is 7.69. The normalized spacial score (nSPS) is 19.6. The summed E-state index contributed by atoms with van der Waals surface area (Å²) >= 11 is 0. The number of rotatable bonds is 4. The highest BCUT2D eigenvalue weighted by molar-refractivity contribution is 7.91. The monoisotopic (exact) mass is 409 g/mol. The molecule has 158 valence electrons. The Hall–Kier alpha value is -1.56. The Balaban J connectivity index is 2.20. The molecule has 0 unspecified atom stereocenters. The molecule has 1 aliphatic heterocycles. The second-order valence-electron chi connectivity index (χ2n) is 10.1. The lowest BCUT2D eigenvalue weighted by Crippen LogP contribution is -2.37. The smallest absolute Gasteiger partial charge is 0.222 e. The van der Waals surface area contributed by atoms with E-state index in [4.69, 9.17) is 0 Å². The summed E-state index contributed by atoms with van der Waals surface area (Å²) in [4.78, 5) is 14.2. The first kappa shape index (κ1) is 22.7. The third-order valence-corrected chi connectivity index (χ3v) is 7.31. The van der Waals surface area contributed by atoms with Crippen LogP contribution in [0.5, 0.6) is 5.75 Å². The largest absolute Gasteiger partial charge is 0.507 e. The lowest BCUT2D eigenvalue weighted by Gasteiger charge is -2.28. The van der Waals surface area contributed by atoms with Gasteiger partial charge in [0, 0.05) is 19.5 Å². The molecule has 0 aromatic heterocycles. The lowest BCUT2D eigenvalue weighted by atomic mass is 9.78. The van der Waals surface area contributed by atoms with Crippen LogP contribution < -0.4 is 0 Å². The topological polar surface area (TPSA) is 74.7 Å². The molecule has 28 heavy (non-hydrogen) atoms. The van der Waals surface area contributed by atoms with Gasteiger partial charge in [-0.15, -0.1) is 0 Å². The average molecular weight is 410 g/mol. The van der Waals surface area contributed by atoms with E-state index in [0.717, 1.165) is 16.7 Å². The van der Waals surface area contributed by atoms with Gasteiger partial charge in [-0.1, -0.05) is 53.7 Å². The van der Waals surface area contributed by atoms with Crippen molar-refractivity contribution in [1.29, 1.82) is 0 Å². The number of phenolic OH excluding ortho intramolecular Hbond substituents is 1. The molecule has 1 aliphatic rings. The zero-order valence-corrected chi connectivity index (χ0v) is 19.1. The van der Waals surface area contributed by atoms with Crippen LogP contribution in [0.2, 0.25) is 0 Å². The Kier molecular flexibility index (Phi) is 6.25. The van der Waals surface area contributed by atoms with Crippen LogP contribution in [0.4, 0.5) is 0 Å². The predicted molar refractivity (Wildman–Crippen MR) is 114 cm³/mol. The summed E-state index contributed by atoms with van der Waals surface area (Å²) in [6.45, 7) is 12.4. The lowest BCUT2D eigenvalue weighted by molar-refractivity contribution is -0.131. The molecule has 6 heteroatoms. The van der Waals surface area contributed by atoms with E-state index in [0.29, 0.717) is 25.0 Å². The minimum Gasteiger partial charge on any atom is -0.507 e. The summed E-state index contributed by atoms with van der Waals surface area (Å²) in [6, 6.07) is 3.78. The Bertz CT molecular complexity index is 809. The van der Waals surface area contributed by atoms with Gasteiger partial charge >= 0.3 is 0 Å². The van der Waals surface area contributed by atoms with Crippen LogP contribution in [0.25, 0.3) is 0 Å². The zero-order valence-electron chi connectivity index (χ0n) is 18.3. The van der Waals surface area contributed by atoms with Crippen LogP contribution in [0, 0.1) is 0 Å². The van der Waals surface area contributed by atoms with Crippen molar-refractivity contribution in [2.45, 2.75) is 77.7 Å². The number of hydrogen-bond acceptors (Lipinski definition) is 4. The Morgan fingerprint density at radius 1 is 1.11 bits per heavy atom. The molecule has 0 radical (unpaired) electrons. The third-order valence-electron chi connectivity index (χ3n) is 5.56. The SMILES string of the molecule is CN(C(=O)CCc1cc(C(C)(C)C)c(O)c(C(C)(C)C)c1)[C@@H]1CCS(=O)(=O)C1. The zero-order chi connectivity index (χ0) is 21.5. The molecule has 1 saturated heterocycles. The van der Waals surface area contributed by atoms with Gasteiger partial charge < -0.3 is 10.0 Å². The van der Waals surface area contributed by atoms with Gasteiger partial charge in [0.2, 0.25) is 5.91 Å². The third kappa shape index (κ3) is 5.28. The maximum absolute atomic E-state index is 12.6. The molecule has 5 nitrogen and oxygen atoms in total. The van der Waals surface area contributed by atoms with E-state index in [1.54, 1.807) is 11.9 Å². The van der Waals surface area contributed by atoms with Gasteiger partial charge in [0.1, 0.15) is 5.75 Å². The number of sulfone groups is 1. The summed E-state index contributed by atoms with van der Waals surface area (Å²) in [5.74, 6) is 0.529. The molecular formula is C22H35NO4S. The summed E-state index contributed by atoms with van der Waals surface area (Å²) in [5, 5.41) is 10.8. The van der Waals surface area contributed by atoms with E-state index in [1.165, 1.54) is 0 Å². The number of benzene rings is 1. The van der Waals surface area contributed by atoms with Gasteiger partial charge in [-0.2, -0.15) is 0 Å². The first-order chi connectivity index (χ1) is 12.6. The number of carbonyl (C=O) groups is 1. The quantitative estimate of drug-likeness (QED) is 0.825. The van der Waals surface area contributed by atoms with Gasteiger partial charge in [0.25, 0.3) is 0 Å².